The minimum absolute atomic E-state index is 0. The molecule has 1 heterocycles. The molecule has 0 aromatic rings. The molecule has 1 aliphatic heterocycles. The molecule has 2 rings (SSSR count). The average Bonchev–Trinajstić information content (AvgIpc) is 2.54. The van der Waals surface area contributed by atoms with Crippen LogP contribution < -0.4 is 10.6 Å². The van der Waals surface area contributed by atoms with Crippen molar-refractivity contribution in [3.8, 4) is 0 Å². The smallest absolute Gasteiger partial charge is 0.191 e. The Bertz CT molecular complexity index is 447. The highest BCUT2D eigenvalue weighted by atomic mass is 127. The van der Waals surface area contributed by atoms with Gasteiger partial charge < -0.3 is 20.3 Å². The van der Waals surface area contributed by atoms with Crippen molar-refractivity contribution in [1.29, 1.82) is 0 Å². The Morgan fingerprint density at radius 3 is 2.24 bits per heavy atom. The Morgan fingerprint density at radius 2 is 1.80 bits per heavy atom. The number of aliphatic imine (C=N–C) groups is 1. The summed E-state index contributed by atoms with van der Waals surface area (Å²) >= 11 is 0. The van der Waals surface area contributed by atoms with Gasteiger partial charge in [0.2, 0.25) is 0 Å². The first-order chi connectivity index (χ1) is 11.2. The van der Waals surface area contributed by atoms with E-state index in [9.17, 15) is 0 Å². The van der Waals surface area contributed by atoms with E-state index in [2.05, 4.69) is 62.1 Å². The van der Waals surface area contributed by atoms with Gasteiger partial charge in [-0.3, -0.25) is 4.99 Å². The summed E-state index contributed by atoms with van der Waals surface area (Å²) in [4.78, 5) is 7.23. The Kier molecular flexibility index (Phi) is 8.47. The minimum atomic E-state index is -0.0510. The molecular weight excluding hydrogens is 427 g/mol. The van der Waals surface area contributed by atoms with Crippen molar-refractivity contribution in [2.24, 2.45) is 10.4 Å². The molecule has 0 aromatic carbocycles. The number of hydrogen-bond donors (Lipinski definition) is 2. The first-order valence-electron chi connectivity index (χ1n) is 9.60. The second-order valence-electron chi connectivity index (χ2n) is 8.43. The van der Waals surface area contributed by atoms with Crippen LogP contribution in [0.4, 0.5) is 0 Å². The third-order valence-corrected chi connectivity index (χ3v) is 6.51. The average molecular weight is 466 g/mol. The van der Waals surface area contributed by atoms with Crippen LogP contribution >= 0.6 is 24.0 Å². The number of nitrogens with one attached hydrogen (secondary N) is 2. The van der Waals surface area contributed by atoms with Gasteiger partial charge in [-0.05, 0) is 47.0 Å². The van der Waals surface area contributed by atoms with Crippen molar-refractivity contribution in [2.75, 3.05) is 26.7 Å². The monoisotopic (exact) mass is 466 g/mol. The molecule has 2 aliphatic rings. The van der Waals surface area contributed by atoms with E-state index in [1.807, 2.05) is 7.11 Å². The fourth-order valence-corrected chi connectivity index (χ4v) is 3.93. The Balaban J connectivity index is 0.00000312. The van der Waals surface area contributed by atoms with Gasteiger partial charge >= 0.3 is 0 Å². The van der Waals surface area contributed by atoms with Crippen LogP contribution in [0.2, 0.25) is 0 Å². The standard InChI is InChI=1S/C19H38N4O.HI/c1-8-20-17(21-15-9-11-23(12-10-15)14(2)3)22-16-13-19(6,24-7)18(16,4)5;/h14-16H,8-13H2,1-7H3,(H2,20,21,22);1H. The lowest BCUT2D eigenvalue weighted by molar-refractivity contribution is -0.176. The summed E-state index contributed by atoms with van der Waals surface area (Å²) in [5, 5.41) is 7.33. The van der Waals surface area contributed by atoms with E-state index in [4.69, 9.17) is 4.74 Å². The number of halogens is 1. The lowest BCUT2D eigenvalue weighted by Gasteiger charge is -2.59. The highest BCUT2D eigenvalue weighted by Gasteiger charge is 2.58. The normalized spacial score (nSPS) is 30.6. The zero-order chi connectivity index (χ0) is 18.0. The minimum Gasteiger partial charge on any atom is -0.378 e. The molecule has 0 aromatic heterocycles. The number of hydrogen-bond acceptors (Lipinski definition) is 3. The Labute approximate surface area is 171 Å². The number of likely N-dealkylation sites (tertiary alicyclic amines) is 1. The summed E-state index contributed by atoms with van der Waals surface area (Å²) in [5.41, 5.74) is 0.0452. The quantitative estimate of drug-likeness (QED) is 0.371. The third-order valence-electron chi connectivity index (χ3n) is 6.51. The van der Waals surface area contributed by atoms with Crippen LogP contribution in [-0.4, -0.2) is 61.3 Å². The highest BCUT2D eigenvalue weighted by Crippen LogP contribution is 2.51. The lowest BCUT2D eigenvalue weighted by atomic mass is 9.56. The number of ether oxygens (including phenoxy) is 1. The van der Waals surface area contributed by atoms with E-state index < -0.39 is 0 Å². The van der Waals surface area contributed by atoms with E-state index in [1.54, 1.807) is 0 Å². The van der Waals surface area contributed by atoms with E-state index >= 15 is 0 Å². The molecule has 2 N–H and O–H groups in total. The number of guanidine groups is 1. The maximum atomic E-state index is 5.74. The molecule has 1 aliphatic carbocycles. The summed E-state index contributed by atoms with van der Waals surface area (Å²) in [6, 6.07) is 1.57. The van der Waals surface area contributed by atoms with Crippen LogP contribution in [0.25, 0.3) is 0 Å². The van der Waals surface area contributed by atoms with Crippen LogP contribution in [0, 0.1) is 5.41 Å². The Hall–Kier alpha value is -0.0800. The third kappa shape index (κ3) is 5.01. The molecule has 2 atom stereocenters. The fourth-order valence-electron chi connectivity index (χ4n) is 3.93. The first kappa shape index (κ1) is 23.0. The maximum Gasteiger partial charge on any atom is 0.191 e. The van der Waals surface area contributed by atoms with Crippen LogP contribution in [0.5, 0.6) is 0 Å². The van der Waals surface area contributed by atoms with E-state index in [0.717, 1.165) is 18.9 Å². The molecule has 5 nitrogen and oxygen atoms in total. The summed E-state index contributed by atoms with van der Waals surface area (Å²) in [6.07, 6.45) is 3.39. The van der Waals surface area contributed by atoms with Gasteiger partial charge in [0.15, 0.2) is 5.96 Å². The van der Waals surface area contributed by atoms with E-state index in [-0.39, 0.29) is 35.0 Å². The van der Waals surface area contributed by atoms with Crippen LogP contribution in [0.3, 0.4) is 0 Å². The number of nitrogens with zero attached hydrogens (tertiary/aromatic N) is 2. The molecular formula is C19H39IN4O. The highest BCUT2D eigenvalue weighted by molar-refractivity contribution is 14.0. The second kappa shape index (κ2) is 9.22. The lowest BCUT2D eigenvalue weighted by Crippen LogP contribution is -2.70. The van der Waals surface area contributed by atoms with Gasteiger partial charge in [-0.1, -0.05) is 13.8 Å². The molecule has 6 heteroatoms. The van der Waals surface area contributed by atoms with Gasteiger partial charge in [-0.25, -0.2) is 0 Å². The summed E-state index contributed by atoms with van der Waals surface area (Å²) in [7, 11) is 1.82. The summed E-state index contributed by atoms with van der Waals surface area (Å²) in [6.45, 7) is 16.6. The second-order valence-corrected chi connectivity index (χ2v) is 8.43. The van der Waals surface area contributed by atoms with Gasteiger partial charge in [0.1, 0.15) is 0 Å². The molecule has 0 radical (unpaired) electrons. The van der Waals surface area contributed by atoms with Gasteiger partial charge in [-0.2, -0.15) is 0 Å². The van der Waals surface area contributed by atoms with E-state index in [1.165, 1.54) is 25.9 Å². The van der Waals surface area contributed by atoms with Crippen molar-refractivity contribution < 1.29 is 4.74 Å². The van der Waals surface area contributed by atoms with Crippen LogP contribution in [0.1, 0.15) is 60.8 Å². The van der Waals surface area contributed by atoms with Gasteiger partial charge in [0, 0.05) is 50.3 Å². The fraction of sp³-hybridized carbons (Fsp3) is 0.947. The van der Waals surface area contributed by atoms with Crippen molar-refractivity contribution >= 4 is 29.9 Å². The molecule has 0 bridgehead atoms. The molecule has 25 heavy (non-hydrogen) atoms. The molecule has 1 saturated carbocycles. The zero-order valence-corrected chi connectivity index (χ0v) is 19.5. The van der Waals surface area contributed by atoms with Gasteiger partial charge in [-0.15, -0.1) is 24.0 Å². The predicted octanol–water partition coefficient (Wildman–Crippen LogP) is 3.24. The topological polar surface area (TPSA) is 48.9 Å². The molecule has 0 spiro atoms. The molecule has 1 saturated heterocycles. The molecule has 0 amide bonds. The SMILES string of the molecule is CCN=C(NC1CCN(C(C)C)CC1)NC1CC(C)(OC)C1(C)C.I. The van der Waals surface area contributed by atoms with Crippen LogP contribution in [-0.2, 0) is 4.74 Å². The predicted molar refractivity (Wildman–Crippen MR) is 117 cm³/mol. The van der Waals surface area contributed by atoms with Crippen molar-refractivity contribution in [3.05, 3.63) is 0 Å². The molecule has 2 fully saturated rings. The van der Waals surface area contributed by atoms with Gasteiger partial charge in [0.05, 0.1) is 5.60 Å². The largest absolute Gasteiger partial charge is 0.378 e. The molecule has 148 valence electrons. The number of piperidine rings is 1. The first-order valence-corrected chi connectivity index (χ1v) is 9.60. The molecule has 2 unspecified atom stereocenters. The van der Waals surface area contributed by atoms with Gasteiger partial charge in [0.25, 0.3) is 0 Å². The van der Waals surface area contributed by atoms with Crippen molar-refractivity contribution in [2.45, 2.75) is 84.5 Å². The van der Waals surface area contributed by atoms with Crippen LogP contribution in [0.15, 0.2) is 4.99 Å². The summed E-state index contributed by atoms with van der Waals surface area (Å²) < 4.78 is 5.74. The maximum absolute atomic E-state index is 5.74. The van der Waals surface area contributed by atoms with Crippen molar-refractivity contribution in [1.82, 2.24) is 15.5 Å². The van der Waals surface area contributed by atoms with Crippen molar-refractivity contribution in [3.63, 3.8) is 0 Å². The zero-order valence-electron chi connectivity index (χ0n) is 17.2. The Morgan fingerprint density at radius 1 is 1.20 bits per heavy atom. The number of rotatable bonds is 5. The summed E-state index contributed by atoms with van der Waals surface area (Å²) in [5.74, 6) is 0.969. The number of methoxy groups -OCH3 is 1. The van der Waals surface area contributed by atoms with E-state index in [0.29, 0.717) is 18.1 Å².